The van der Waals surface area contributed by atoms with Gasteiger partial charge in [0.05, 0.1) is 0 Å². The lowest BCUT2D eigenvalue weighted by molar-refractivity contribution is -0.137. The minimum atomic E-state index is -0.690. The van der Waals surface area contributed by atoms with Crippen molar-refractivity contribution in [1.29, 1.82) is 0 Å². The van der Waals surface area contributed by atoms with Gasteiger partial charge in [0, 0.05) is 6.42 Å². The second-order valence-electron chi connectivity index (χ2n) is 5.28. The number of benzene rings is 1. The molecule has 0 spiro atoms. The fourth-order valence-corrected chi connectivity index (χ4v) is 3.00. The Morgan fingerprint density at radius 3 is 2.61 bits per heavy atom. The van der Waals surface area contributed by atoms with Crippen LogP contribution in [0.4, 0.5) is 0 Å². The van der Waals surface area contributed by atoms with Crippen LogP contribution in [-0.4, -0.2) is 11.1 Å². The molecule has 0 aliphatic heterocycles. The summed E-state index contributed by atoms with van der Waals surface area (Å²) in [6.45, 7) is 0. The molecule has 1 aromatic carbocycles. The Bertz CT molecular complexity index is 392. The Labute approximate surface area is 109 Å². The van der Waals surface area contributed by atoms with Crippen LogP contribution in [0.3, 0.4) is 0 Å². The number of hydrogen-bond donors (Lipinski definition) is 1. The van der Waals surface area contributed by atoms with Crippen LogP contribution in [0.15, 0.2) is 24.3 Å². The largest absolute Gasteiger partial charge is 0.481 e. The number of carbonyl (C=O) groups is 1. The van der Waals surface area contributed by atoms with Crippen LogP contribution in [-0.2, 0) is 11.2 Å². The molecule has 2 heteroatoms. The van der Waals surface area contributed by atoms with E-state index < -0.39 is 5.97 Å². The standard InChI is InChI=1S/C16H22O2/c17-16(18)12-6-10-14-9-4-5-11-15(14)13-7-2-1-3-8-13/h4-5,9,11,13H,1-3,6-8,10,12H2,(H,17,18). The molecule has 0 radical (unpaired) electrons. The first-order valence-electron chi connectivity index (χ1n) is 7.07. The summed E-state index contributed by atoms with van der Waals surface area (Å²) >= 11 is 0. The second kappa shape index (κ2) is 6.58. The summed E-state index contributed by atoms with van der Waals surface area (Å²) in [5, 5.41) is 8.71. The minimum Gasteiger partial charge on any atom is -0.481 e. The number of carboxylic acids is 1. The Kier molecular flexibility index (Phi) is 4.80. The molecule has 0 unspecified atom stereocenters. The van der Waals surface area contributed by atoms with Crippen molar-refractivity contribution in [3.05, 3.63) is 35.4 Å². The smallest absolute Gasteiger partial charge is 0.303 e. The molecule has 0 aromatic heterocycles. The van der Waals surface area contributed by atoms with Gasteiger partial charge in [-0.3, -0.25) is 4.79 Å². The SMILES string of the molecule is O=C(O)CCCc1ccccc1C1CCCCC1. The summed E-state index contributed by atoms with van der Waals surface area (Å²) < 4.78 is 0. The number of rotatable bonds is 5. The maximum atomic E-state index is 10.6. The number of aryl methyl sites for hydroxylation is 1. The van der Waals surface area contributed by atoms with E-state index in [-0.39, 0.29) is 6.42 Å². The van der Waals surface area contributed by atoms with Gasteiger partial charge >= 0.3 is 5.97 Å². The Hall–Kier alpha value is -1.31. The molecule has 0 saturated heterocycles. The molecule has 0 heterocycles. The van der Waals surface area contributed by atoms with Crippen molar-refractivity contribution in [3.8, 4) is 0 Å². The zero-order valence-corrected chi connectivity index (χ0v) is 10.9. The third kappa shape index (κ3) is 3.59. The van der Waals surface area contributed by atoms with Crippen molar-refractivity contribution in [2.75, 3.05) is 0 Å². The highest BCUT2D eigenvalue weighted by Crippen LogP contribution is 2.34. The van der Waals surface area contributed by atoms with Gasteiger partial charge in [-0.15, -0.1) is 0 Å². The van der Waals surface area contributed by atoms with Gasteiger partial charge in [0.15, 0.2) is 0 Å². The highest BCUT2D eigenvalue weighted by atomic mass is 16.4. The van der Waals surface area contributed by atoms with E-state index in [1.165, 1.54) is 43.2 Å². The summed E-state index contributed by atoms with van der Waals surface area (Å²) in [4.78, 5) is 10.6. The van der Waals surface area contributed by atoms with E-state index in [2.05, 4.69) is 24.3 Å². The number of hydrogen-bond acceptors (Lipinski definition) is 1. The molecule has 18 heavy (non-hydrogen) atoms. The minimum absolute atomic E-state index is 0.277. The molecule has 1 aliphatic carbocycles. The second-order valence-corrected chi connectivity index (χ2v) is 5.28. The van der Waals surface area contributed by atoms with Crippen LogP contribution in [0, 0.1) is 0 Å². The molecule has 2 rings (SSSR count). The van der Waals surface area contributed by atoms with Gasteiger partial charge in [-0.1, -0.05) is 43.5 Å². The molecule has 1 N–H and O–H groups in total. The van der Waals surface area contributed by atoms with Gasteiger partial charge in [-0.2, -0.15) is 0 Å². The van der Waals surface area contributed by atoms with Gasteiger partial charge in [-0.25, -0.2) is 0 Å². The molecular weight excluding hydrogens is 224 g/mol. The molecule has 98 valence electrons. The monoisotopic (exact) mass is 246 g/mol. The van der Waals surface area contributed by atoms with Crippen LogP contribution < -0.4 is 0 Å². The van der Waals surface area contributed by atoms with Gasteiger partial charge in [0.1, 0.15) is 0 Å². The summed E-state index contributed by atoms with van der Waals surface area (Å²) in [6, 6.07) is 8.60. The average molecular weight is 246 g/mol. The fourth-order valence-electron chi connectivity index (χ4n) is 3.00. The lowest BCUT2D eigenvalue weighted by Crippen LogP contribution is -2.07. The third-order valence-corrected chi connectivity index (χ3v) is 3.94. The fraction of sp³-hybridized carbons (Fsp3) is 0.562. The third-order valence-electron chi connectivity index (χ3n) is 3.94. The molecular formula is C16H22O2. The van der Waals surface area contributed by atoms with Gasteiger partial charge in [-0.05, 0) is 42.7 Å². The molecule has 0 amide bonds. The van der Waals surface area contributed by atoms with E-state index in [1.54, 1.807) is 0 Å². The van der Waals surface area contributed by atoms with E-state index >= 15 is 0 Å². The van der Waals surface area contributed by atoms with Crippen LogP contribution in [0.2, 0.25) is 0 Å². The molecule has 1 aliphatic rings. The Morgan fingerprint density at radius 2 is 1.89 bits per heavy atom. The maximum Gasteiger partial charge on any atom is 0.303 e. The van der Waals surface area contributed by atoms with Crippen LogP contribution in [0.25, 0.3) is 0 Å². The normalized spacial score (nSPS) is 16.7. The summed E-state index contributed by atoms with van der Waals surface area (Å²) in [7, 11) is 0. The van der Waals surface area contributed by atoms with Crippen molar-refractivity contribution in [3.63, 3.8) is 0 Å². The summed E-state index contributed by atoms with van der Waals surface area (Å²) in [5.74, 6) is 0.0184. The molecule has 0 atom stereocenters. The predicted octanol–water partition coefficient (Wildman–Crippen LogP) is 4.14. The first kappa shape index (κ1) is 13.1. The zero-order valence-electron chi connectivity index (χ0n) is 10.9. The summed E-state index contributed by atoms with van der Waals surface area (Å²) in [5.41, 5.74) is 2.84. The van der Waals surface area contributed by atoms with Gasteiger partial charge in [0.25, 0.3) is 0 Å². The Morgan fingerprint density at radius 1 is 1.17 bits per heavy atom. The maximum absolute atomic E-state index is 10.6. The van der Waals surface area contributed by atoms with E-state index in [9.17, 15) is 4.79 Å². The summed E-state index contributed by atoms with van der Waals surface area (Å²) in [6.07, 6.45) is 8.59. The first-order valence-corrected chi connectivity index (χ1v) is 7.07. The van der Waals surface area contributed by atoms with Gasteiger partial charge in [0.2, 0.25) is 0 Å². The number of aliphatic carboxylic acids is 1. The van der Waals surface area contributed by atoms with Crippen molar-refractivity contribution in [2.24, 2.45) is 0 Å². The molecule has 2 nitrogen and oxygen atoms in total. The average Bonchev–Trinajstić information content (AvgIpc) is 2.40. The highest BCUT2D eigenvalue weighted by molar-refractivity contribution is 5.66. The van der Waals surface area contributed by atoms with Crippen molar-refractivity contribution >= 4 is 5.97 Å². The molecule has 1 aromatic rings. The topological polar surface area (TPSA) is 37.3 Å². The quantitative estimate of drug-likeness (QED) is 0.847. The molecule has 1 saturated carbocycles. The van der Waals surface area contributed by atoms with Crippen LogP contribution in [0.5, 0.6) is 0 Å². The molecule has 1 fully saturated rings. The van der Waals surface area contributed by atoms with Crippen molar-refractivity contribution < 1.29 is 9.90 Å². The lowest BCUT2D eigenvalue weighted by atomic mass is 9.81. The van der Waals surface area contributed by atoms with Crippen molar-refractivity contribution in [1.82, 2.24) is 0 Å². The van der Waals surface area contributed by atoms with E-state index in [1.807, 2.05) is 0 Å². The zero-order chi connectivity index (χ0) is 12.8. The van der Waals surface area contributed by atoms with Crippen molar-refractivity contribution in [2.45, 2.75) is 57.3 Å². The highest BCUT2D eigenvalue weighted by Gasteiger charge is 2.17. The Balaban J connectivity index is 2.02. The van der Waals surface area contributed by atoms with E-state index in [0.29, 0.717) is 5.92 Å². The predicted molar refractivity (Wildman–Crippen MR) is 72.8 cm³/mol. The molecule has 0 bridgehead atoms. The van der Waals surface area contributed by atoms with E-state index in [0.717, 1.165) is 12.8 Å². The lowest BCUT2D eigenvalue weighted by Gasteiger charge is -2.24. The van der Waals surface area contributed by atoms with Gasteiger partial charge < -0.3 is 5.11 Å². The first-order chi connectivity index (χ1) is 8.77. The van der Waals surface area contributed by atoms with Crippen LogP contribution in [0.1, 0.15) is 62.0 Å². The van der Waals surface area contributed by atoms with Crippen LogP contribution >= 0.6 is 0 Å². The van der Waals surface area contributed by atoms with E-state index in [4.69, 9.17) is 5.11 Å². The number of carboxylic acid groups (broad SMARTS) is 1.